The van der Waals surface area contributed by atoms with Gasteiger partial charge in [-0.3, -0.25) is 0 Å². The quantitative estimate of drug-likeness (QED) is 0.122. The maximum atomic E-state index is 9.75. The molecule has 0 bridgehead atoms. The van der Waals surface area contributed by atoms with Gasteiger partial charge in [0.2, 0.25) is 0 Å². The molecule has 0 saturated heterocycles. The molecule has 0 unspecified atom stereocenters. The Bertz CT molecular complexity index is 924. The van der Waals surface area contributed by atoms with E-state index in [4.69, 9.17) is 0 Å². The van der Waals surface area contributed by atoms with Gasteiger partial charge in [0.1, 0.15) is 0 Å². The second-order valence-electron chi connectivity index (χ2n) is 15.6. The molecule has 0 aromatic heterocycles. The Kier molecular flexibility index (Phi) is 16.8. The van der Waals surface area contributed by atoms with Crippen LogP contribution in [0.5, 0.6) is 0 Å². The van der Waals surface area contributed by atoms with Crippen LogP contribution in [-0.2, 0) is 45.1 Å². The van der Waals surface area contributed by atoms with Crippen molar-refractivity contribution in [2.45, 2.75) is 138 Å². The summed E-state index contributed by atoms with van der Waals surface area (Å²) in [4.78, 5) is 0. The molecule has 0 radical (unpaired) electrons. The molecule has 2 aromatic rings. The molecule has 0 aliphatic heterocycles. The van der Waals surface area contributed by atoms with E-state index < -0.39 is 7.25 Å². The summed E-state index contributed by atoms with van der Waals surface area (Å²) in [6.07, 6.45) is 2.48. The third-order valence-corrected chi connectivity index (χ3v) is 7.98. The fraction of sp³-hybridized carbons (Fsp3) is 0.714. The minimum absolute atomic E-state index is 0. The van der Waals surface area contributed by atoms with Crippen molar-refractivity contribution < 1.29 is 38.8 Å². The molecule has 0 aliphatic carbocycles. The average molecular weight is 640 g/mol. The van der Waals surface area contributed by atoms with Gasteiger partial charge < -0.3 is 21.7 Å². The first-order valence-electron chi connectivity index (χ1n) is 15.5. The number of quaternary nitrogens is 1. The molecule has 2 rings (SSSR count). The number of rotatable bonds is 7. The van der Waals surface area contributed by atoms with Gasteiger partial charge in [-0.2, -0.15) is 40.5 Å². The van der Waals surface area contributed by atoms with Crippen LogP contribution in [0.3, 0.4) is 0 Å². The molecule has 0 atom stereocenters. The first-order valence-corrected chi connectivity index (χ1v) is 15.5. The molecule has 0 N–H and O–H groups in total. The van der Waals surface area contributed by atoms with Crippen molar-refractivity contribution in [1.29, 1.82) is 0 Å². The van der Waals surface area contributed by atoms with E-state index in [9.17, 15) is 17.3 Å². The van der Waals surface area contributed by atoms with E-state index in [0.717, 1.165) is 0 Å². The number of nitrogens with zero attached hydrogens (tertiary/aromatic N) is 1. The first kappa shape index (κ1) is 43.1. The molecular weight excluding hydrogens is 577 g/mol. The van der Waals surface area contributed by atoms with E-state index >= 15 is 0 Å². The molecule has 42 heavy (non-hydrogen) atoms. The number of halogens is 4. The SMILES string of the molecule is CC[N+](CC)(CC)CCCc1c(C(C)(C)C)c(C(C)(C)C)c(C(C)(C)C)[c-]1C(C)(C)C.F[B-](F)(F)F.[Fe+2].c1cc[cH-]c1. The smallest absolute Gasteiger partial charge is 0.418 e. The van der Waals surface area contributed by atoms with E-state index in [1.165, 1.54) is 43.5 Å². The number of hydrogen-bond acceptors (Lipinski definition) is 0. The van der Waals surface area contributed by atoms with Crippen LogP contribution in [-0.4, -0.2) is 37.9 Å². The molecule has 0 amide bonds. The summed E-state index contributed by atoms with van der Waals surface area (Å²) >= 11 is 0. The molecule has 246 valence electrons. The Balaban J connectivity index is 0. The number of hydrogen-bond donors (Lipinski definition) is 0. The van der Waals surface area contributed by atoms with Gasteiger partial charge in [0, 0.05) is 0 Å². The van der Waals surface area contributed by atoms with Gasteiger partial charge in [-0.15, -0.1) is 5.56 Å². The van der Waals surface area contributed by atoms with Crippen molar-refractivity contribution in [2.24, 2.45) is 0 Å². The standard InChI is InChI=1S/C30H57N.C5H5.BF4.Fe/c1-16-31(17-2,18-3)21-19-20-22-23(27(4,5)6)25(29(10,11)12)26(30(13,14)15)24(22)28(7,8)9;1-2-4-5-3-1;2-1(3,4)5;/h16-21H2,1-15H3;1-5H;;/q;2*-1;+2. The zero-order chi connectivity index (χ0) is 32.7. The third-order valence-electron chi connectivity index (χ3n) is 7.98. The second kappa shape index (κ2) is 16.3. The maximum absolute atomic E-state index is 9.75. The Morgan fingerprint density at radius 2 is 1.07 bits per heavy atom. The van der Waals surface area contributed by atoms with Gasteiger partial charge in [0.05, 0.1) is 26.2 Å². The van der Waals surface area contributed by atoms with Crippen LogP contribution in [0.4, 0.5) is 17.3 Å². The van der Waals surface area contributed by atoms with E-state index in [1.807, 2.05) is 30.3 Å². The summed E-state index contributed by atoms with van der Waals surface area (Å²) in [5.41, 5.74) is 8.82. The summed E-state index contributed by atoms with van der Waals surface area (Å²) in [5.74, 6) is 0. The van der Waals surface area contributed by atoms with Crippen LogP contribution in [0, 0.1) is 0 Å². The molecule has 7 heteroatoms. The van der Waals surface area contributed by atoms with Crippen molar-refractivity contribution in [2.75, 3.05) is 26.2 Å². The predicted octanol–water partition coefficient (Wildman–Crippen LogP) is 11.1. The van der Waals surface area contributed by atoms with Crippen molar-refractivity contribution in [3.63, 3.8) is 0 Å². The van der Waals surface area contributed by atoms with Crippen molar-refractivity contribution in [3.8, 4) is 0 Å². The molecule has 0 spiro atoms. The second-order valence-corrected chi connectivity index (χ2v) is 15.6. The van der Waals surface area contributed by atoms with E-state index in [-0.39, 0.29) is 38.7 Å². The fourth-order valence-corrected chi connectivity index (χ4v) is 6.14. The summed E-state index contributed by atoms with van der Waals surface area (Å²) in [6, 6.07) is 10.0. The van der Waals surface area contributed by atoms with Crippen LogP contribution in [0.1, 0.15) is 138 Å². The molecule has 0 fully saturated rings. The van der Waals surface area contributed by atoms with Crippen LogP contribution in [0.25, 0.3) is 0 Å². The molecule has 1 nitrogen and oxygen atoms in total. The van der Waals surface area contributed by atoms with E-state index in [2.05, 4.69) is 104 Å². The largest absolute Gasteiger partial charge is 2.00 e. The van der Waals surface area contributed by atoms with E-state index in [0.29, 0.717) is 0 Å². The Morgan fingerprint density at radius 3 is 1.31 bits per heavy atom. The van der Waals surface area contributed by atoms with Crippen molar-refractivity contribution >= 4 is 7.25 Å². The summed E-state index contributed by atoms with van der Waals surface area (Å²) in [7, 11) is -6.00. The minimum Gasteiger partial charge on any atom is -0.418 e. The monoisotopic (exact) mass is 639 g/mol. The zero-order valence-electron chi connectivity index (χ0n) is 29.5. The minimum atomic E-state index is -6.00. The zero-order valence-corrected chi connectivity index (χ0v) is 30.6. The Hall–Kier alpha value is -1.04. The van der Waals surface area contributed by atoms with Gasteiger partial charge in [-0.1, -0.05) is 99.3 Å². The molecule has 0 aliphatic rings. The molecule has 0 saturated carbocycles. The van der Waals surface area contributed by atoms with E-state index in [1.54, 1.807) is 27.8 Å². The van der Waals surface area contributed by atoms with Gasteiger partial charge in [0.15, 0.2) is 0 Å². The first-order chi connectivity index (χ1) is 18.3. The Labute approximate surface area is 268 Å². The van der Waals surface area contributed by atoms with Gasteiger partial charge >= 0.3 is 24.3 Å². The molecular formula is C35H62BF4FeN. The van der Waals surface area contributed by atoms with Crippen LogP contribution in [0.2, 0.25) is 0 Å². The van der Waals surface area contributed by atoms with Crippen molar-refractivity contribution in [1.82, 2.24) is 0 Å². The van der Waals surface area contributed by atoms with Crippen LogP contribution in [0.15, 0.2) is 30.3 Å². The maximum Gasteiger partial charge on any atom is 2.00 e. The normalized spacial score (nSPS) is 13.0. The Morgan fingerprint density at radius 1 is 0.690 bits per heavy atom. The summed E-state index contributed by atoms with van der Waals surface area (Å²) in [6.45, 7) is 41.3. The molecule has 0 heterocycles. The fourth-order valence-electron chi connectivity index (χ4n) is 6.14. The average Bonchev–Trinajstić information content (AvgIpc) is 3.44. The van der Waals surface area contributed by atoms with Crippen molar-refractivity contribution in [3.05, 3.63) is 58.1 Å². The van der Waals surface area contributed by atoms with Gasteiger partial charge in [-0.25, -0.2) is 12.1 Å². The van der Waals surface area contributed by atoms with Crippen LogP contribution >= 0.6 is 0 Å². The summed E-state index contributed by atoms with van der Waals surface area (Å²) in [5, 5.41) is 0. The molecule has 2 aromatic carbocycles. The van der Waals surface area contributed by atoms with Gasteiger partial charge in [0.25, 0.3) is 0 Å². The van der Waals surface area contributed by atoms with Crippen LogP contribution < -0.4 is 0 Å². The third kappa shape index (κ3) is 13.7. The van der Waals surface area contributed by atoms with Gasteiger partial charge in [-0.05, 0) is 39.0 Å². The topological polar surface area (TPSA) is 0 Å². The predicted molar refractivity (Wildman–Crippen MR) is 174 cm³/mol. The summed E-state index contributed by atoms with van der Waals surface area (Å²) < 4.78 is 40.2.